The van der Waals surface area contributed by atoms with Crippen molar-refractivity contribution < 1.29 is 4.74 Å². The van der Waals surface area contributed by atoms with E-state index in [-0.39, 0.29) is 24.3 Å². The molecule has 0 aliphatic carbocycles. The van der Waals surface area contributed by atoms with E-state index in [2.05, 4.69) is 23.4 Å². The lowest BCUT2D eigenvalue weighted by atomic mass is 10.2. The van der Waals surface area contributed by atoms with Gasteiger partial charge in [0.2, 0.25) is 0 Å². The molecule has 0 atom stereocenters. The summed E-state index contributed by atoms with van der Waals surface area (Å²) in [7, 11) is 1.61. The molecule has 0 radical (unpaired) electrons. The third kappa shape index (κ3) is 3.94. The Morgan fingerprint density at radius 3 is 2.68 bits per heavy atom. The number of allylic oxidation sites excluding steroid dienone is 3. The van der Waals surface area contributed by atoms with Crippen molar-refractivity contribution in [3.63, 3.8) is 0 Å². The molecule has 7 nitrogen and oxygen atoms in total. The van der Waals surface area contributed by atoms with E-state index in [0.717, 1.165) is 5.56 Å². The van der Waals surface area contributed by atoms with E-state index in [1.54, 1.807) is 19.2 Å². The number of aromatic nitrogens is 3. The Morgan fingerprint density at radius 2 is 2.00 bits per heavy atom. The van der Waals surface area contributed by atoms with Crippen LogP contribution in [0.2, 0.25) is 0 Å². The van der Waals surface area contributed by atoms with Crippen LogP contribution in [0.15, 0.2) is 75.4 Å². The fraction of sp³-hybridized carbons (Fsp3) is 0.190. The van der Waals surface area contributed by atoms with Gasteiger partial charge in [0.1, 0.15) is 0 Å². The summed E-state index contributed by atoms with van der Waals surface area (Å²) in [6.45, 7) is 7.83. The van der Waals surface area contributed by atoms with Gasteiger partial charge in [-0.15, -0.1) is 0 Å². The van der Waals surface area contributed by atoms with Gasteiger partial charge in [-0.3, -0.25) is 24.4 Å². The van der Waals surface area contributed by atoms with E-state index >= 15 is 0 Å². The summed E-state index contributed by atoms with van der Waals surface area (Å²) in [4.78, 5) is 29.3. The summed E-state index contributed by atoms with van der Waals surface area (Å²) in [5.74, 6) is 0. The molecule has 0 aliphatic heterocycles. The first-order valence-electron chi connectivity index (χ1n) is 8.76. The number of H-pyrrole nitrogens is 1. The first-order chi connectivity index (χ1) is 13.5. The highest BCUT2D eigenvalue weighted by Gasteiger charge is 2.17. The number of aliphatic imine (C=N–C) groups is 1. The maximum absolute atomic E-state index is 12.7. The van der Waals surface area contributed by atoms with Crippen LogP contribution in [0.25, 0.3) is 10.9 Å². The summed E-state index contributed by atoms with van der Waals surface area (Å²) in [6.07, 6.45) is 3.25. The highest BCUT2D eigenvalue weighted by Crippen LogP contribution is 2.15. The molecule has 2 aromatic heterocycles. The Morgan fingerprint density at radius 1 is 1.25 bits per heavy atom. The Labute approximate surface area is 161 Å². The zero-order chi connectivity index (χ0) is 20.1. The van der Waals surface area contributed by atoms with Gasteiger partial charge in [-0.05, 0) is 18.4 Å². The Balaban J connectivity index is 2.05. The molecule has 1 aromatic carbocycles. The van der Waals surface area contributed by atoms with E-state index in [0.29, 0.717) is 28.9 Å². The van der Waals surface area contributed by atoms with Gasteiger partial charge in [-0.1, -0.05) is 43.0 Å². The molecule has 0 fully saturated rings. The number of benzene rings is 1. The van der Waals surface area contributed by atoms with Gasteiger partial charge in [0.05, 0.1) is 42.1 Å². The lowest BCUT2D eigenvalue weighted by Gasteiger charge is -2.14. The lowest BCUT2D eigenvalue weighted by Crippen LogP contribution is -2.26. The van der Waals surface area contributed by atoms with Crippen LogP contribution < -0.4 is 11.1 Å². The van der Waals surface area contributed by atoms with Crippen molar-refractivity contribution in [2.45, 2.75) is 19.8 Å². The SMILES string of the molecule is C=C/C=C(/Cn1c(COCc2ccccc2)c2c(=O)n(C)[nH]c2cc1=O)N=C. The van der Waals surface area contributed by atoms with Crippen LogP contribution >= 0.6 is 0 Å². The number of aryl methyl sites for hydroxylation is 1. The van der Waals surface area contributed by atoms with Gasteiger partial charge in [0, 0.05) is 13.1 Å². The molecule has 2 heterocycles. The minimum absolute atomic E-state index is 0.104. The zero-order valence-corrected chi connectivity index (χ0v) is 15.7. The molecule has 144 valence electrons. The molecule has 0 unspecified atom stereocenters. The first-order valence-corrected chi connectivity index (χ1v) is 8.76. The van der Waals surface area contributed by atoms with E-state index in [1.165, 1.54) is 15.3 Å². The molecular formula is C21H22N4O3. The third-order valence-corrected chi connectivity index (χ3v) is 4.41. The molecular weight excluding hydrogens is 356 g/mol. The molecule has 0 amide bonds. The number of hydrogen-bond donors (Lipinski definition) is 1. The number of rotatable bonds is 8. The van der Waals surface area contributed by atoms with E-state index in [9.17, 15) is 9.59 Å². The summed E-state index contributed by atoms with van der Waals surface area (Å²) < 4.78 is 8.68. The molecule has 3 rings (SSSR count). The van der Waals surface area contributed by atoms with Crippen LogP contribution in [0.5, 0.6) is 0 Å². The van der Waals surface area contributed by atoms with E-state index < -0.39 is 0 Å². The first kappa shape index (κ1) is 19.3. The average molecular weight is 378 g/mol. The highest BCUT2D eigenvalue weighted by molar-refractivity contribution is 5.80. The molecule has 7 heteroatoms. The average Bonchev–Trinajstić information content (AvgIpc) is 2.97. The van der Waals surface area contributed by atoms with Gasteiger partial charge < -0.3 is 9.30 Å². The maximum Gasteiger partial charge on any atom is 0.275 e. The van der Waals surface area contributed by atoms with Crippen molar-refractivity contribution in [2.75, 3.05) is 0 Å². The van der Waals surface area contributed by atoms with Gasteiger partial charge in [-0.25, -0.2) is 0 Å². The molecule has 0 bridgehead atoms. The number of ether oxygens (including phenoxy) is 1. The predicted octanol–water partition coefficient (Wildman–Crippen LogP) is 2.52. The molecule has 0 spiro atoms. The quantitative estimate of drug-likeness (QED) is 0.483. The Hall–Kier alpha value is -3.45. The van der Waals surface area contributed by atoms with Gasteiger partial charge in [0.15, 0.2) is 0 Å². The summed E-state index contributed by atoms with van der Waals surface area (Å²) in [5.41, 5.74) is 2.07. The molecule has 28 heavy (non-hydrogen) atoms. The monoisotopic (exact) mass is 378 g/mol. The van der Waals surface area contributed by atoms with Crippen LogP contribution in [-0.4, -0.2) is 21.1 Å². The maximum atomic E-state index is 12.7. The van der Waals surface area contributed by atoms with Gasteiger partial charge in [-0.2, -0.15) is 0 Å². The van der Waals surface area contributed by atoms with E-state index in [1.807, 2.05) is 30.3 Å². The number of pyridine rings is 1. The van der Waals surface area contributed by atoms with Gasteiger partial charge in [0.25, 0.3) is 11.1 Å². The highest BCUT2D eigenvalue weighted by atomic mass is 16.5. The summed E-state index contributed by atoms with van der Waals surface area (Å²) >= 11 is 0. The van der Waals surface area contributed by atoms with Crippen molar-refractivity contribution in [3.05, 3.63) is 92.8 Å². The molecule has 0 aliphatic rings. The van der Waals surface area contributed by atoms with Crippen molar-refractivity contribution in [1.82, 2.24) is 14.3 Å². The van der Waals surface area contributed by atoms with Crippen LogP contribution in [-0.2, 0) is 31.5 Å². The van der Waals surface area contributed by atoms with Crippen LogP contribution in [0.1, 0.15) is 11.3 Å². The second-order valence-electron chi connectivity index (χ2n) is 6.31. The lowest BCUT2D eigenvalue weighted by molar-refractivity contribution is 0.103. The molecule has 1 N–H and O–H groups in total. The number of nitrogens with zero attached hydrogens (tertiary/aromatic N) is 3. The van der Waals surface area contributed by atoms with Crippen molar-refractivity contribution >= 4 is 17.6 Å². The predicted molar refractivity (Wildman–Crippen MR) is 111 cm³/mol. The minimum atomic E-state index is -0.258. The van der Waals surface area contributed by atoms with Crippen LogP contribution in [0.4, 0.5) is 0 Å². The van der Waals surface area contributed by atoms with Gasteiger partial charge >= 0.3 is 0 Å². The second-order valence-corrected chi connectivity index (χ2v) is 6.31. The number of fused-ring (bicyclic) bond motifs is 1. The largest absolute Gasteiger partial charge is 0.371 e. The van der Waals surface area contributed by atoms with Crippen LogP contribution in [0.3, 0.4) is 0 Å². The zero-order valence-electron chi connectivity index (χ0n) is 15.7. The Kier molecular flexibility index (Phi) is 5.86. The third-order valence-electron chi connectivity index (χ3n) is 4.41. The number of nitrogens with one attached hydrogen (secondary N) is 1. The normalized spacial score (nSPS) is 11.7. The standard InChI is InChI=1S/C21H22N4O3/c1-4-8-16(22-2)12-25-18(14-28-13-15-9-6-5-7-10-15)20-17(11-19(25)26)23-24(3)21(20)27/h4-11,23H,1-2,12-14H2,3H3/b16-8-. The fourth-order valence-electron chi connectivity index (χ4n) is 3.04. The molecule has 0 saturated carbocycles. The van der Waals surface area contributed by atoms with Crippen molar-refractivity contribution in [1.29, 1.82) is 0 Å². The number of aromatic amines is 1. The smallest absolute Gasteiger partial charge is 0.275 e. The molecule has 0 saturated heterocycles. The number of hydrogen-bond acceptors (Lipinski definition) is 4. The summed E-state index contributed by atoms with van der Waals surface area (Å²) in [6, 6.07) is 11.1. The second kappa shape index (κ2) is 8.49. The van der Waals surface area contributed by atoms with Crippen molar-refractivity contribution in [2.24, 2.45) is 12.0 Å². The van der Waals surface area contributed by atoms with E-state index in [4.69, 9.17) is 4.74 Å². The topological polar surface area (TPSA) is 81.4 Å². The Bertz CT molecular complexity index is 1150. The minimum Gasteiger partial charge on any atom is -0.371 e. The molecule has 3 aromatic rings. The fourth-order valence-corrected chi connectivity index (χ4v) is 3.04. The summed E-state index contributed by atoms with van der Waals surface area (Å²) in [5, 5.41) is 3.33. The van der Waals surface area contributed by atoms with Crippen molar-refractivity contribution in [3.8, 4) is 0 Å². The van der Waals surface area contributed by atoms with Crippen LogP contribution in [0, 0.1) is 0 Å².